The van der Waals surface area contributed by atoms with Crippen molar-refractivity contribution in [1.82, 2.24) is 15.3 Å². The van der Waals surface area contributed by atoms with E-state index >= 15 is 0 Å². The Bertz CT molecular complexity index is 752. The first kappa shape index (κ1) is 16.9. The summed E-state index contributed by atoms with van der Waals surface area (Å²) < 4.78 is 11.5. The smallest absolute Gasteiger partial charge is 0.253 e. The van der Waals surface area contributed by atoms with Gasteiger partial charge in [0.15, 0.2) is 5.79 Å². The summed E-state index contributed by atoms with van der Waals surface area (Å²) in [6.45, 7) is 3.46. The van der Waals surface area contributed by atoms with Crippen LogP contribution in [0, 0.1) is 0 Å². The molecule has 2 aliphatic heterocycles. The lowest BCUT2D eigenvalue weighted by atomic mass is 10.0. The highest BCUT2D eigenvalue weighted by Gasteiger charge is 2.39. The van der Waals surface area contributed by atoms with E-state index in [9.17, 15) is 4.79 Å². The van der Waals surface area contributed by atoms with E-state index in [0.717, 1.165) is 37.2 Å². The van der Waals surface area contributed by atoms with Crippen LogP contribution in [0.4, 0.5) is 5.69 Å². The number of hydrogen-bond acceptors (Lipinski definition) is 6. The minimum atomic E-state index is -0.399. The summed E-state index contributed by atoms with van der Waals surface area (Å²) >= 11 is 0. The highest BCUT2D eigenvalue weighted by molar-refractivity contribution is 5.94. The van der Waals surface area contributed by atoms with Gasteiger partial charge in [0, 0.05) is 51.1 Å². The van der Waals surface area contributed by atoms with E-state index < -0.39 is 5.79 Å². The second kappa shape index (κ2) is 7.39. The van der Waals surface area contributed by atoms with E-state index in [0.29, 0.717) is 25.3 Å². The lowest BCUT2D eigenvalue weighted by molar-refractivity contribution is -0.169. The van der Waals surface area contributed by atoms with E-state index in [1.165, 1.54) is 0 Å². The third-order valence-electron chi connectivity index (χ3n) is 4.89. The molecule has 1 N–H and O–H groups in total. The number of nitrogens with one attached hydrogen (secondary N) is 1. The lowest BCUT2D eigenvalue weighted by Gasteiger charge is -2.38. The third-order valence-corrected chi connectivity index (χ3v) is 4.89. The van der Waals surface area contributed by atoms with Gasteiger partial charge in [0.1, 0.15) is 0 Å². The molecule has 0 radical (unpaired) electrons. The maximum atomic E-state index is 12.4. The van der Waals surface area contributed by atoms with E-state index in [2.05, 4.69) is 20.2 Å². The Morgan fingerprint density at radius 3 is 2.58 bits per heavy atom. The number of nitrogens with zero attached hydrogens (tertiary/aromatic N) is 3. The molecule has 0 aromatic carbocycles. The molecule has 7 heteroatoms. The maximum absolute atomic E-state index is 12.4. The van der Waals surface area contributed by atoms with Gasteiger partial charge in [-0.2, -0.15) is 0 Å². The molecule has 0 unspecified atom stereocenters. The molecule has 2 saturated heterocycles. The highest BCUT2D eigenvalue weighted by Crippen LogP contribution is 2.33. The van der Waals surface area contributed by atoms with E-state index in [1.54, 1.807) is 24.8 Å². The zero-order valence-electron chi connectivity index (χ0n) is 14.6. The van der Waals surface area contributed by atoms with Crippen molar-refractivity contribution in [3.05, 3.63) is 54.1 Å². The van der Waals surface area contributed by atoms with Gasteiger partial charge in [-0.05, 0) is 23.8 Å². The lowest BCUT2D eigenvalue weighted by Crippen LogP contribution is -2.45. The molecule has 0 aliphatic carbocycles. The average molecular weight is 354 g/mol. The number of piperidine rings is 1. The van der Waals surface area contributed by atoms with Crippen molar-refractivity contribution >= 4 is 11.6 Å². The van der Waals surface area contributed by atoms with Crippen LogP contribution in [0.5, 0.6) is 0 Å². The molecule has 0 bridgehead atoms. The largest absolute Gasteiger partial charge is 0.370 e. The van der Waals surface area contributed by atoms with Crippen LogP contribution in [-0.4, -0.2) is 48.0 Å². The number of pyridine rings is 2. The second-order valence-electron chi connectivity index (χ2n) is 6.56. The summed E-state index contributed by atoms with van der Waals surface area (Å²) in [6, 6.07) is 5.65. The first-order chi connectivity index (χ1) is 12.7. The zero-order valence-corrected chi connectivity index (χ0v) is 14.6. The molecular formula is C19H22N4O3. The summed E-state index contributed by atoms with van der Waals surface area (Å²) in [7, 11) is 0. The Balaban J connectivity index is 1.38. The Morgan fingerprint density at radius 2 is 1.85 bits per heavy atom. The van der Waals surface area contributed by atoms with Gasteiger partial charge in [0.2, 0.25) is 0 Å². The normalized spacial score (nSPS) is 18.8. The summed E-state index contributed by atoms with van der Waals surface area (Å²) in [5.74, 6) is -0.532. The molecule has 0 atom stereocenters. The number of ether oxygens (including phenoxy) is 2. The van der Waals surface area contributed by atoms with Gasteiger partial charge in [0.05, 0.1) is 30.7 Å². The molecule has 26 heavy (non-hydrogen) atoms. The van der Waals surface area contributed by atoms with Crippen LogP contribution in [0.15, 0.2) is 43.0 Å². The predicted octanol–water partition coefficient (Wildman–Crippen LogP) is 1.75. The first-order valence-electron chi connectivity index (χ1n) is 8.89. The standard InChI is InChI=1S/C19H22N4O3/c24-18(22-12-15-1-5-20-6-2-15)16-11-17(14-21-13-16)23-7-3-19(4-8-23)25-9-10-26-19/h1-2,5-6,11,13-14H,3-4,7-10,12H2,(H,22,24). The Labute approximate surface area is 152 Å². The van der Waals surface area contributed by atoms with Crippen molar-refractivity contribution in [3.63, 3.8) is 0 Å². The Hall–Kier alpha value is -2.51. The number of carbonyl (C=O) groups excluding carboxylic acids is 1. The maximum Gasteiger partial charge on any atom is 0.253 e. The van der Waals surface area contributed by atoms with E-state index in [-0.39, 0.29) is 5.91 Å². The van der Waals surface area contributed by atoms with Crippen LogP contribution in [0.2, 0.25) is 0 Å². The molecule has 1 amide bonds. The third kappa shape index (κ3) is 3.68. The van der Waals surface area contributed by atoms with E-state index in [1.807, 2.05) is 18.2 Å². The van der Waals surface area contributed by atoms with Crippen molar-refractivity contribution in [3.8, 4) is 0 Å². The van der Waals surface area contributed by atoms with Crippen LogP contribution in [0.1, 0.15) is 28.8 Å². The van der Waals surface area contributed by atoms with E-state index in [4.69, 9.17) is 9.47 Å². The highest BCUT2D eigenvalue weighted by atomic mass is 16.7. The molecule has 136 valence electrons. The fourth-order valence-electron chi connectivity index (χ4n) is 3.40. The number of anilines is 1. The van der Waals surface area contributed by atoms with Crippen LogP contribution in [0.3, 0.4) is 0 Å². The molecule has 0 saturated carbocycles. The van der Waals surface area contributed by atoms with Crippen molar-refractivity contribution < 1.29 is 14.3 Å². The van der Waals surface area contributed by atoms with Gasteiger partial charge in [0.25, 0.3) is 5.91 Å². The molecule has 4 rings (SSSR count). The molecule has 2 aliphatic rings. The Morgan fingerprint density at radius 1 is 1.12 bits per heavy atom. The molecule has 4 heterocycles. The van der Waals surface area contributed by atoms with Crippen molar-refractivity contribution in [1.29, 1.82) is 0 Å². The molecule has 1 spiro atoms. The molecule has 2 aromatic heterocycles. The van der Waals surface area contributed by atoms with Crippen LogP contribution in [0.25, 0.3) is 0 Å². The van der Waals surface area contributed by atoms with Crippen LogP contribution < -0.4 is 10.2 Å². The second-order valence-corrected chi connectivity index (χ2v) is 6.56. The van der Waals surface area contributed by atoms with Gasteiger partial charge in [-0.3, -0.25) is 14.8 Å². The summed E-state index contributed by atoms with van der Waals surface area (Å²) in [5, 5.41) is 2.92. The number of amides is 1. The van der Waals surface area contributed by atoms with Gasteiger partial charge in [-0.1, -0.05) is 0 Å². The number of aromatic nitrogens is 2. The van der Waals surface area contributed by atoms with Crippen molar-refractivity contribution in [2.75, 3.05) is 31.2 Å². The molecule has 2 aromatic rings. The van der Waals surface area contributed by atoms with Crippen molar-refractivity contribution in [2.24, 2.45) is 0 Å². The van der Waals surface area contributed by atoms with Gasteiger partial charge < -0.3 is 19.7 Å². The van der Waals surface area contributed by atoms with Gasteiger partial charge in [-0.25, -0.2) is 0 Å². The number of rotatable bonds is 4. The predicted molar refractivity (Wildman–Crippen MR) is 95.7 cm³/mol. The Kier molecular flexibility index (Phi) is 4.81. The molecular weight excluding hydrogens is 332 g/mol. The number of carbonyl (C=O) groups is 1. The minimum absolute atomic E-state index is 0.132. The van der Waals surface area contributed by atoms with Crippen LogP contribution in [-0.2, 0) is 16.0 Å². The van der Waals surface area contributed by atoms with Gasteiger partial charge in [-0.15, -0.1) is 0 Å². The zero-order chi connectivity index (χ0) is 17.8. The topological polar surface area (TPSA) is 76.6 Å². The minimum Gasteiger partial charge on any atom is -0.370 e. The fourth-order valence-corrected chi connectivity index (χ4v) is 3.40. The van der Waals surface area contributed by atoms with Gasteiger partial charge >= 0.3 is 0 Å². The molecule has 7 nitrogen and oxygen atoms in total. The SMILES string of the molecule is O=C(NCc1ccncc1)c1cncc(N2CCC3(CC2)OCCO3)c1. The monoisotopic (exact) mass is 354 g/mol. The summed E-state index contributed by atoms with van der Waals surface area (Å²) in [4.78, 5) is 22.9. The van der Waals surface area contributed by atoms with Crippen LogP contribution >= 0.6 is 0 Å². The summed E-state index contributed by atoms with van der Waals surface area (Å²) in [6.07, 6.45) is 8.47. The first-order valence-corrected chi connectivity index (χ1v) is 8.89. The number of hydrogen-bond donors (Lipinski definition) is 1. The fraction of sp³-hybridized carbons (Fsp3) is 0.421. The summed E-state index contributed by atoms with van der Waals surface area (Å²) in [5.41, 5.74) is 2.52. The molecule has 2 fully saturated rings. The quantitative estimate of drug-likeness (QED) is 0.901. The van der Waals surface area contributed by atoms with Crippen molar-refractivity contribution in [2.45, 2.75) is 25.2 Å². The average Bonchev–Trinajstić information content (AvgIpc) is 3.15.